The van der Waals surface area contributed by atoms with E-state index in [4.69, 9.17) is 10.5 Å². The first-order chi connectivity index (χ1) is 8.28. The van der Waals surface area contributed by atoms with Gasteiger partial charge in [-0.15, -0.1) is 0 Å². The van der Waals surface area contributed by atoms with Crippen LogP contribution in [0.15, 0.2) is 53.0 Å². The lowest BCUT2D eigenvalue weighted by molar-refractivity contribution is 0.306. The molecule has 0 fully saturated rings. The highest BCUT2D eigenvalue weighted by atomic mass is 79.9. The van der Waals surface area contributed by atoms with Gasteiger partial charge in [-0.3, -0.25) is 0 Å². The highest BCUT2D eigenvalue weighted by molar-refractivity contribution is 9.10. The Kier molecular flexibility index (Phi) is 4.18. The van der Waals surface area contributed by atoms with Gasteiger partial charge in [0.25, 0.3) is 0 Å². The predicted octanol–water partition coefficient (Wildman–Crippen LogP) is 3.49. The first-order valence-corrected chi connectivity index (χ1v) is 6.23. The van der Waals surface area contributed by atoms with Crippen LogP contribution in [0.3, 0.4) is 0 Å². The molecule has 0 aromatic heterocycles. The molecule has 2 rings (SSSR count). The van der Waals surface area contributed by atoms with Crippen molar-refractivity contribution in [2.45, 2.75) is 13.2 Å². The van der Waals surface area contributed by atoms with Crippen molar-refractivity contribution in [1.29, 1.82) is 0 Å². The molecule has 2 aromatic rings. The third kappa shape index (κ3) is 3.58. The molecular formula is C14H14BrNO. The Morgan fingerprint density at radius 1 is 1.00 bits per heavy atom. The third-order valence-corrected chi connectivity index (χ3v) is 2.98. The molecule has 0 spiro atoms. The SMILES string of the molecule is NCc1cccc(OCc2ccc(Br)cc2)c1. The molecule has 17 heavy (non-hydrogen) atoms. The van der Waals surface area contributed by atoms with E-state index in [2.05, 4.69) is 15.9 Å². The zero-order valence-electron chi connectivity index (χ0n) is 9.40. The van der Waals surface area contributed by atoms with Crippen molar-refractivity contribution in [2.24, 2.45) is 5.73 Å². The van der Waals surface area contributed by atoms with Crippen molar-refractivity contribution in [3.05, 3.63) is 64.1 Å². The summed E-state index contributed by atoms with van der Waals surface area (Å²) >= 11 is 3.41. The van der Waals surface area contributed by atoms with E-state index >= 15 is 0 Å². The lowest BCUT2D eigenvalue weighted by atomic mass is 10.2. The highest BCUT2D eigenvalue weighted by Crippen LogP contribution is 2.16. The van der Waals surface area contributed by atoms with E-state index in [1.165, 1.54) is 0 Å². The van der Waals surface area contributed by atoms with Crippen molar-refractivity contribution in [3.8, 4) is 5.75 Å². The molecule has 2 aromatic carbocycles. The van der Waals surface area contributed by atoms with E-state index in [0.717, 1.165) is 21.3 Å². The van der Waals surface area contributed by atoms with Crippen molar-refractivity contribution < 1.29 is 4.74 Å². The fourth-order valence-corrected chi connectivity index (χ4v) is 1.77. The highest BCUT2D eigenvalue weighted by Gasteiger charge is 1.97. The molecule has 0 amide bonds. The maximum absolute atomic E-state index is 5.70. The monoisotopic (exact) mass is 291 g/mol. The molecule has 0 aliphatic carbocycles. The van der Waals surface area contributed by atoms with Crippen LogP contribution in [0.2, 0.25) is 0 Å². The normalized spacial score (nSPS) is 10.2. The average Bonchev–Trinajstić information content (AvgIpc) is 2.38. The number of hydrogen-bond acceptors (Lipinski definition) is 2. The second-order valence-corrected chi connectivity index (χ2v) is 4.68. The number of ether oxygens (including phenoxy) is 1. The summed E-state index contributed by atoms with van der Waals surface area (Å²) in [5.41, 5.74) is 7.81. The molecule has 0 saturated carbocycles. The smallest absolute Gasteiger partial charge is 0.120 e. The topological polar surface area (TPSA) is 35.2 Å². The second-order valence-electron chi connectivity index (χ2n) is 3.77. The van der Waals surface area contributed by atoms with Crippen LogP contribution in [-0.4, -0.2) is 0 Å². The molecule has 0 saturated heterocycles. The molecule has 0 aliphatic heterocycles. The molecular weight excluding hydrogens is 278 g/mol. The van der Waals surface area contributed by atoms with E-state index in [-0.39, 0.29) is 0 Å². The van der Waals surface area contributed by atoms with Crippen LogP contribution >= 0.6 is 15.9 Å². The Morgan fingerprint density at radius 2 is 1.76 bits per heavy atom. The molecule has 2 N–H and O–H groups in total. The maximum Gasteiger partial charge on any atom is 0.120 e. The first-order valence-electron chi connectivity index (χ1n) is 5.44. The Bertz CT molecular complexity index is 482. The van der Waals surface area contributed by atoms with Crippen molar-refractivity contribution in [3.63, 3.8) is 0 Å². The van der Waals surface area contributed by atoms with Gasteiger partial charge in [0, 0.05) is 11.0 Å². The predicted molar refractivity (Wildman–Crippen MR) is 72.8 cm³/mol. The van der Waals surface area contributed by atoms with Gasteiger partial charge in [-0.05, 0) is 35.4 Å². The molecule has 0 aliphatic rings. The van der Waals surface area contributed by atoms with Crippen molar-refractivity contribution in [1.82, 2.24) is 0 Å². The summed E-state index contributed by atoms with van der Waals surface area (Å²) < 4.78 is 6.78. The molecule has 88 valence electrons. The zero-order valence-corrected chi connectivity index (χ0v) is 11.0. The molecule has 0 atom stereocenters. The van der Waals surface area contributed by atoms with E-state index in [1.807, 2.05) is 48.5 Å². The minimum Gasteiger partial charge on any atom is -0.489 e. The van der Waals surface area contributed by atoms with E-state index in [9.17, 15) is 0 Å². The fraction of sp³-hybridized carbons (Fsp3) is 0.143. The second kappa shape index (κ2) is 5.84. The fourth-order valence-electron chi connectivity index (χ4n) is 1.51. The first kappa shape index (κ1) is 12.1. The number of benzene rings is 2. The average molecular weight is 292 g/mol. The molecule has 0 radical (unpaired) electrons. The Hall–Kier alpha value is -1.32. The molecule has 0 unspecified atom stereocenters. The van der Waals surface area contributed by atoms with Gasteiger partial charge in [0.05, 0.1) is 0 Å². The van der Waals surface area contributed by atoms with Gasteiger partial charge in [0.1, 0.15) is 12.4 Å². The van der Waals surface area contributed by atoms with E-state index in [0.29, 0.717) is 13.2 Å². The van der Waals surface area contributed by atoms with Crippen LogP contribution < -0.4 is 10.5 Å². The maximum atomic E-state index is 5.70. The van der Waals surface area contributed by atoms with Gasteiger partial charge in [-0.1, -0.05) is 40.2 Å². The van der Waals surface area contributed by atoms with Crippen LogP contribution in [0.4, 0.5) is 0 Å². The lowest BCUT2D eigenvalue weighted by Crippen LogP contribution is -1.98. The summed E-state index contributed by atoms with van der Waals surface area (Å²) in [6.45, 7) is 1.11. The molecule has 3 heteroatoms. The summed E-state index contributed by atoms with van der Waals surface area (Å²) in [7, 11) is 0. The largest absolute Gasteiger partial charge is 0.489 e. The Labute approximate surface area is 110 Å². The summed E-state index contributed by atoms with van der Waals surface area (Å²) in [5.74, 6) is 0.857. The molecule has 0 heterocycles. The van der Waals surface area contributed by atoms with Crippen LogP contribution in [0.1, 0.15) is 11.1 Å². The van der Waals surface area contributed by atoms with Gasteiger partial charge in [0.15, 0.2) is 0 Å². The lowest BCUT2D eigenvalue weighted by Gasteiger charge is -2.07. The number of hydrogen-bond donors (Lipinski definition) is 1. The summed E-state index contributed by atoms with van der Waals surface area (Å²) in [5, 5.41) is 0. The zero-order chi connectivity index (χ0) is 12.1. The number of nitrogens with two attached hydrogens (primary N) is 1. The Balaban J connectivity index is 1.99. The third-order valence-electron chi connectivity index (χ3n) is 2.45. The van der Waals surface area contributed by atoms with E-state index in [1.54, 1.807) is 0 Å². The van der Waals surface area contributed by atoms with Gasteiger partial charge >= 0.3 is 0 Å². The standard InChI is InChI=1S/C14H14BrNO/c15-13-6-4-11(5-7-13)10-17-14-3-1-2-12(8-14)9-16/h1-8H,9-10,16H2. The van der Waals surface area contributed by atoms with Gasteiger partial charge in [-0.25, -0.2) is 0 Å². The van der Waals surface area contributed by atoms with E-state index < -0.39 is 0 Å². The number of rotatable bonds is 4. The summed E-state index contributed by atoms with van der Waals surface area (Å²) in [6.07, 6.45) is 0. The summed E-state index contributed by atoms with van der Waals surface area (Å²) in [6, 6.07) is 16.0. The van der Waals surface area contributed by atoms with Crippen molar-refractivity contribution in [2.75, 3.05) is 0 Å². The summed E-state index contributed by atoms with van der Waals surface area (Å²) in [4.78, 5) is 0. The van der Waals surface area contributed by atoms with Crippen LogP contribution in [0, 0.1) is 0 Å². The van der Waals surface area contributed by atoms with Crippen LogP contribution in [0.5, 0.6) is 5.75 Å². The van der Waals surface area contributed by atoms with Crippen LogP contribution in [-0.2, 0) is 13.2 Å². The van der Waals surface area contributed by atoms with Gasteiger partial charge < -0.3 is 10.5 Å². The quantitative estimate of drug-likeness (QED) is 0.936. The minimum atomic E-state index is 0.537. The molecule has 2 nitrogen and oxygen atoms in total. The minimum absolute atomic E-state index is 0.537. The number of halogens is 1. The Morgan fingerprint density at radius 3 is 2.47 bits per heavy atom. The van der Waals surface area contributed by atoms with Crippen LogP contribution in [0.25, 0.3) is 0 Å². The van der Waals surface area contributed by atoms with Crippen molar-refractivity contribution >= 4 is 15.9 Å². The molecule has 0 bridgehead atoms. The van der Waals surface area contributed by atoms with Gasteiger partial charge in [-0.2, -0.15) is 0 Å². The van der Waals surface area contributed by atoms with Gasteiger partial charge in [0.2, 0.25) is 0 Å².